The standard InChI is InChI=1S/C17H22ClN5S.HI/c1-2-19-17(21-11-14-5-4-10-24-14)22-13-7-9-23(12-13)16-15(18)6-3-8-20-16;/h3-6,8,10,13H,2,7,9,11-12H2,1H3,(H2,19,21,22);1H. The summed E-state index contributed by atoms with van der Waals surface area (Å²) in [6.07, 6.45) is 2.82. The highest BCUT2D eigenvalue weighted by Crippen LogP contribution is 2.25. The van der Waals surface area contributed by atoms with Crippen molar-refractivity contribution in [1.82, 2.24) is 15.6 Å². The van der Waals surface area contributed by atoms with Crippen LogP contribution in [0.15, 0.2) is 40.8 Å². The maximum Gasteiger partial charge on any atom is 0.191 e. The van der Waals surface area contributed by atoms with Gasteiger partial charge in [-0.05, 0) is 36.9 Å². The number of aliphatic imine (C=N–C) groups is 1. The summed E-state index contributed by atoms with van der Waals surface area (Å²) in [6.45, 7) is 5.45. The Morgan fingerprint density at radius 3 is 3.04 bits per heavy atom. The van der Waals surface area contributed by atoms with Gasteiger partial charge < -0.3 is 15.5 Å². The summed E-state index contributed by atoms with van der Waals surface area (Å²) in [4.78, 5) is 12.6. The van der Waals surface area contributed by atoms with Crippen LogP contribution in [0.3, 0.4) is 0 Å². The number of rotatable bonds is 5. The van der Waals surface area contributed by atoms with E-state index in [-0.39, 0.29) is 24.0 Å². The molecule has 2 aromatic rings. The van der Waals surface area contributed by atoms with Crippen LogP contribution in [0.25, 0.3) is 0 Å². The summed E-state index contributed by atoms with van der Waals surface area (Å²) in [5.74, 6) is 1.73. The van der Waals surface area contributed by atoms with Gasteiger partial charge in [0.1, 0.15) is 5.82 Å². The van der Waals surface area contributed by atoms with Crippen LogP contribution in [0.5, 0.6) is 0 Å². The Morgan fingerprint density at radius 1 is 1.44 bits per heavy atom. The number of hydrogen-bond donors (Lipinski definition) is 2. The molecule has 2 aromatic heterocycles. The summed E-state index contributed by atoms with van der Waals surface area (Å²) in [5, 5.41) is 9.64. The molecule has 0 bridgehead atoms. The van der Waals surface area contributed by atoms with E-state index in [1.807, 2.05) is 12.1 Å². The van der Waals surface area contributed by atoms with Crippen molar-refractivity contribution >= 4 is 58.7 Å². The molecule has 25 heavy (non-hydrogen) atoms. The molecule has 1 fully saturated rings. The molecule has 8 heteroatoms. The molecule has 0 aliphatic carbocycles. The van der Waals surface area contributed by atoms with Gasteiger partial charge in [0.05, 0.1) is 11.6 Å². The van der Waals surface area contributed by atoms with E-state index in [0.29, 0.717) is 17.6 Å². The van der Waals surface area contributed by atoms with Gasteiger partial charge in [-0.1, -0.05) is 17.7 Å². The van der Waals surface area contributed by atoms with Gasteiger partial charge in [-0.3, -0.25) is 0 Å². The van der Waals surface area contributed by atoms with E-state index < -0.39 is 0 Å². The topological polar surface area (TPSA) is 52.6 Å². The van der Waals surface area contributed by atoms with Crippen LogP contribution in [-0.2, 0) is 6.54 Å². The Kier molecular flexibility index (Phi) is 8.25. The molecule has 5 nitrogen and oxygen atoms in total. The Morgan fingerprint density at radius 2 is 2.32 bits per heavy atom. The van der Waals surface area contributed by atoms with Crippen LogP contribution in [0.1, 0.15) is 18.2 Å². The van der Waals surface area contributed by atoms with Crippen molar-refractivity contribution in [2.45, 2.75) is 25.9 Å². The Labute approximate surface area is 174 Å². The third-order valence-corrected chi connectivity index (χ3v) is 5.04. The summed E-state index contributed by atoms with van der Waals surface area (Å²) in [5.41, 5.74) is 0. The lowest BCUT2D eigenvalue weighted by Crippen LogP contribution is -2.44. The quantitative estimate of drug-likeness (QED) is 0.380. The molecule has 2 N–H and O–H groups in total. The van der Waals surface area contributed by atoms with E-state index in [9.17, 15) is 0 Å². The predicted molar refractivity (Wildman–Crippen MR) is 118 cm³/mol. The zero-order valence-corrected chi connectivity index (χ0v) is 18.0. The molecule has 3 rings (SSSR count). The average Bonchev–Trinajstić information content (AvgIpc) is 3.25. The summed E-state index contributed by atoms with van der Waals surface area (Å²) in [6, 6.07) is 8.25. The predicted octanol–water partition coefficient (Wildman–Crippen LogP) is 3.75. The molecule has 1 atom stereocenters. The SMILES string of the molecule is CCNC(=NCc1cccs1)NC1CCN(c2ncccc2Cl)C1.I. The first kappa shape index (κ1) is 20.3. The lowest BCUT2D eigenvalue weighted by atomic mass is 10.3. The van der Waals surface area contributed by atoms with Gasteiger partial charge in [0.2, 0.25) is 0 Å². The van der Waals surface area contributed by atoms with E-state index in [0.717, 1.165) is 37.8 Å². The third kappa shape index (κ3) is 5.72. The van der Waals surface area contributed by atoms with Crippen LogP contribution in [0.4, 0.5) is 5.82 Å². The molecule has 0 aromatic carbocycles. The van der Waals surface area contributed by atoms with Crippen LogP contribution in [-0.4, -0.2) is 36.6 Å². The van der Waals surface area contributed by atoms with Crippen LogP contribution >= 0.6 is 46.9 Å². The van der Waals surface area contributed by atoms with Gasteiger partial charge in [0.15, 0.2) is 5.96 Å². The lowest BCUT2D eigenvalue weighted by Gasteiger charge is -2.20. The fourth-order valence-corrected chi connectivity index (χ4v) is 3.62. The molecular formula is C17H23ClIN5S. The number of thiophene rings is 1. The highest BCUT2D eigenvalue weighted by atomic mass is 127. The van der Waals surface area contributed by atoms with Crippen molar-refractivity contribution < 1.29 is 0 Å². The second-order valence-electron chi connectivity index (χ2n) is 5.66. The maximum atomic E-state index is 6.25. The first-order chi connectivity index (χ1) is 11.8. The number of nitrogens with zero attached hydrogens (tertiary/aromatic N) is 3. The molecule has 1 unspecified atom stereocenters. The Balaban J connectivity index is 0.00000225. The summed E-state index contributed by atoms with van der Waals surface area (Å²) in [7, 11) is 0. The second kappa shape index (κ2) is 10.2. The number of pyridine rings is 1. The number of anilines is 1. The number of nitrogens with one attached hydrogen (secondary N) is 2. The van der Waals surface area contributed by atoms with Gasteiger partial charge >= 0.3 is 0 Å². The molecule has 0 spiro atoms. The molecule has 1 aliphatic rings. The van der Waals surface area contributed by atoms with E-state index in [4.69, 9.17) is 11.6 Å². The van der Waals surface area contributed by atoms with E-state index in [1.165, 1.54) is 4.88 Å². The largest absolute Gasteiger partial charge is 0.357 e. The van der Waals surface area contributed by atoms with Gasteiger partial charge in [-0.15, -0.1) is 35.3 Å². The number of halogens is 2. The molecular weight excluding hydrogens is 469 g/mol. The van der Waals surface area contributed by atoms with Gasteiger partial charge in [0, 0.05) is 36.8 Å². The minimum atomic E-state index is 0. The smallest absolute Gasteiger partial charge is 0.191 e. The normalized spacial score (nSPS) is 17.3. The first-order valence-electron chi connectivity index (χ1n) is 8.19. The van der Waals surface area contributed by atoms with E-state index in [1.54, 1.807) is 17.5 Å². The minimum Gasteiger partial charge on any atom is -0.357 e. The molecule has 0 radical (unpaired) electrons. The van der Waals surface area contributed by atoms with Crippen LogP contribution in [0, 0.1) is 0 Å². The van der Waals surface area contributed by atoms with Crippen LogP contribution < -0.4 is 15.5 Å². The summed E-state index contributed by atoms with van der Waals surface area (Å²) >= 11 is 7.99. The molecule has 1 saturated heterocycles. The number of guanidine groups is 1. The monoisotopic (exact) mass is 491 g/mol. The zero-order chi connectivity index (χ0) is 16.8. The molecule has 0 amide bonds. The molecule has 1 aliphatic heterocycles. The molecule has 0 saturated carbocycles. The van der Waals surface area contributed by atoms with Crippen LogP contribution in [0.2, 0.25) is 5.02 Å². The highest BCUT2D eigenvalue weighted by molar-refractivity contribution is 14.0. The molecule has 136 valence electrons. The average molecular weight is 492 g/mol. The van der Waals surface area contributed by atoms with Crippen molar-refractivity contribution in [3.05, 3.63) is 45.7 Å². The van der Waals surface area contributed by atoms with Crippen molar-refractivity contribution in [1.29, 1.82) is 0 Å². The first-order valence-corrected chi connectivity index (χ1v) is 9.44. The summed E-state index contributed by atoms with van der Waals surface area (Å²) < 4.78 is 0. The van der Waals surface area contributed by atoms with Gasteiger partial charge in [0.25, 0.3) is 0 Å². The van der Waals surface area contributed by atoms with Gasteiger partial charge in [-0.2, -0.15) is 0 Å². The number of aromatic nitrogens is 1. The third-order valence-electron chi connectivity index (χ3n) is 3.89. The lowest BCUT2D eigenvalue weighted by molar-refractivity contribution is 0.649. The van der Waals surface area contributed by atoms with Gasteiger partial charge in [-0.25, -0.2) is 9.98 Å². The van der Waals surface area contributed by atoms with Crippen molar-refractivity contribution in [2.75, 3.05) is 24.5 Å². The fraction of sp³-hybridized carbons (Fsp3) is 0.412. The fourth-order valence-electron chi connectivity index (χ4n) is 2.75. The maximum absolute atomic E-state index is 6.25. The minimum absolute atomic E-state index is 0. The Bertz CT molecular complexity index is 679. The second-order valence-corrected chi connectivity index (χ2v) is 7.10. The van der Waals surface area contributed by atoms with Crippen molar-refractivity contribution in [3.63, 3.8) is 0 Å². The highest BCUT2D eigenvalue weighted by Gasteiger charge is 2.25. The van der Waals surface area contributed by atoms with E-state index >= 15 is 0 Å². The Hall–Kier alpha value is -1.06. The van der Waals surface area contributed by atoms with Crippen molar-refractivity contribution in [3.8, 4) is 0 Å². The number of hydrogen-bond acceptors (Lipinski definition) is 4. The zero-order valence-electron chi connectivity index (χ0n) is 14.1. The van der Waals surface area contributed by atoms with E-state index in [2.05, 4.69) is 49.9 Å². The molecule has 3 heterocycles. The van der Waals surface area contributed by atoms with Crippen molar-refractivity contribution in [2.24, 2.45) is 4.99 Å².